The summed E-state index contributed by atoms with van der Waals surface area (Å²) in [5, 5.41) is 38.8. The van der Waals surface area contributed by atoms with Crippen LogP contribution in [-0.2, 0) is 14.3 Å². The highest BCUT2D eigenvalue weighted by Crippen LogP contribution is 2.41. The smallest absolute Gasteiger partial charge is 0.186 e. The molecule has 6 atom stereocenters. The zero-order valence-corrected chi connectivity index (χ0v) is 13.7. The molecule has 0 unspecified atom stereocenters. The van der Waals surface area contributed by atoms with Gasteiger partial charge in [-0.2, -0.15) is 0 Å². The van der Waals surface area contributed by atoms with E-state index in [1.54, 1.807) is 0 Å². The average molecular weight is 330 g/mol. The quantitative estimate of drug-likeness (QED) is 0.514. The van der Waals surface area contributed by atoms with E-state index in [0.717, 1.165) is 17.4 Å². The topological polar surface area (TPSA) is 116 Å². The highest BCUT2D eigenvalue weighted by Gasteiger charge is 2.45. The molecule has 0 bridgehead atoms. The van der Waals surface area contributed by atoms with Gasteiger partial charge < -0.3 is 29.9 Å². The van der Waals surface area contributed by atoms with Gasteiger partial charge in [0.1, 0.15) is 30.7 Å². The third-order valence-electron chi connectivity index (χ3n) is 4.75. The van der Waals surface area contributed by atoms with Gasteiger partial charge in [0.2, 0.25) is 0 Å². The van der Waals surface area contributed by atoms with Gasteiger partial charge >= 0.3 is 0 Å². The molecule has 1 aliphatic heterocycles. The molecule has 2 aliphatic rings. The van der Waals surface area contributed by atoms with Crippen molar-refractivity contribution in [1.29, 1.82) is 0 Å². The Morgan fingerprint density at radius 2 is 1.91 bits per heavy atom. The van der Waals surface area contributed by atoms with Gasteiger partial charge in [0.25, 0.3) is 0 Å². The van der Waals surface area contributed by atoms with Gasteiger partial charge in [0, 0.05) is 0 Å². The third kappa shape index (κ3) is 3.65. The van der Waals surface area contributed by atoms with Gasteiger partial charge in [0.05, 0.1) is 12.7 Å². The standard InChI is InChI=1S/C16H26O7/c1-8-4-9(5-16(2,3)10(8)6-17)22-15-14(21)13(20)12(19)11(7-18)23-15/h6,9,11-15,18-21H,4-5,7H2,1-3H3/t9-,11-,12-,13+,14-,15-/m0/s1. The molecular weight excluding hydrogens is 304 g/mol. The van der Waals surface area contributed by atoms with E-state index in [-0.39, 0.29) is 11.5 Å². The van der Waals surface area contributed by atoms with Crippen LogP contribution < -0.4 is 0 Å². The largest absolute Gasteiger partial charge is 0.394 e. The number of carbonyl (C=O) groups excluding carboxylic acids is 1. The summed E-state index contributed by atoms with van der Waals surface area (Å²) in [5.74, 6) is 0. The predicted octanol–water partition coefficient (Wildman–Crippen LogP) is -0.493. The first kappa shape index (κ1) is 18.5. The van der Waals surface area contributed by atoms with E-state index in [1.807, 2.05) is 20.8 Å². The van der Waals surface area contributed by atoms with Crippen LogP contribution in [0.25, 0.3) is 0 Å². The van der Waals surface area contributed by atoms with Crippen molar-refractivity contribution in [3.8, 4) is 0 Å². The van der Waals surface area contributed by atoms with Crippen LogP contribution in [0.3, 0.4) is 0 Å². The molecule has 132 valence electrons. The Bertz CT molecular complexity index is 471. The summed E-state index contributed by atoms with van der Waals surface area (Å²) in [6.07, 6.45) is -4.73. The molecule has 0 aromatic heterocycles. The fourth-order valence-corrected chi connectivity index (χ4v) is 3.51. The molecule has 0 amide bonds. The van der Waals surface area contributed by atoms with Gasteiger partial charge in [-0.05, 0) is 30.8 Å². The third-order valence-corrected chi connectivity index (χ3v) is 4.75. The van der Waals surface area contributed by atoms with Crippen molar-refractivity contribution in [2.45, 2.75) is 70.4 Å². The molecule has 0 spiro atoms. The van der Waals surface area contributed by atoms with Crippen LogP contribution in [0.4, 0.5) is 0 Å². The summed E-state index contributed by atoms with van der Waals surface area (Å²) in [7, 11) is 0. The van der Waals surface area contributed by atoms with E-state index in [1.165, 1.54) is 0 Å². The Kier molecular flexibility index (Phi) is 5.60. The number of aliphatic hydroxyl groups is 4. The SMILES string of the molecule is CC1=C(C=O)C(C)(C)C[C@@H](O[C@H]2O[C@@H](CO)[C@H](O)[C@@H](O)[C@@H]2O)C1. The molecule has 1 aliphatic carbocycles. The fraction of sp³-hybridized carbons (Fsp3) is 0.812. The molecule has 0 aromatic carbocycles. The minimum absolute atomic E-state index is 0.296. The number of aldehydes is 1. The average Bonchev–Trinajstić information content (AvgIpc) is 2.46. The lowest BCUT2D eigenvalue weighted by atomic mass is 9.72. The Morgan fingerprint density at radius 3 is 2.43 bits per heavy atom. The minimum Gasteiger partial charge on any atom is -0.394 e. The van der Waals surface area contributed by atoms with Crippen LogP contribution in [0.5, 0.6) is 0 Å². The van der Waals surface area contributed by atoms with Gasteiger partial charge in [0.15, 0.2) is 6.29 Å². The van der Waals surface area contributed by atoms with E-state index >= 15 is 0 Å². The van der Waals surface area contributed by atoms with Crippen molar-refractivity contribution in [1.82, 2.24) is 0 Å². The molecule has 0 aromatic rings. The second-order valence-corrected chi connectivity index (χ2v) is 7.06. The van der Waals surface area contributed by atoms with Gasteiger partial charge in [-0.25, -0.2) is 0 Å². The summed E-state index contributed by atoms with van der Waals surface area (Å²) in [4.78, 5) is 11.2. The minimum atomic E-state index is -1.45. The molecule has 7 nitrogen and oxygen atoms in total. The van der Waals surface area contributed by atoms with Crippen molar-refractivity contribution < 1.29 is 34.7 Å². The number of hydrogen-bond donors (Lipinski definition) is 4. The molecule has 0 radical (unpaired) electrons. The number of ether oxygens (including phenoxy) is 2. The summed E-state index contributed by atoms with van der Waals surface area (Å²) in [5.41, 5.74) is 1.32. The summed E-state index contributed by atoms with van der Waals surface area (Å²) < 4.78 is 11.2. The van der Waals surface area contributed by atoms with E-state index in [9.17, 15) is 25.2 Å². The summed E-state index contributed by atoms with van der Waals surface area (Å²) in [6, 6.07) is 0. The summed E-state index contributed by atoms with van der Waals surface area (Å²) in [6.45, 7) is 5.27. The lowest BCUT2D eigenvalue weighted by molar-refractivity contribution is -0.312. The Labute approximate surface area is 135 Å². The molecule has 2 rings (SSSR count). The first-order valence-corrected chi connectivity index (χ1v) is 7.82. The maximum Gasteiger partial charge on any atom is 0.186 e. The van der Waals surface area contributed by atoms with Crippen LogP contribution in [0, 0.1) is 5.41 Å². The molecule has 23 heavy (non-hydrogen) atoms. The maximum atomic E-state index is 11.2. The number of carbonyl (C=O) groups is 1. The van der Waals surface area contributed by atoms with Crippen LogP contribution in [0.2, 0.25) is 0 Å². The molecule has 4 N–H and O–H groups in total. The summed E-state index contributed by atoms with van der Waals surface area (Å²) >= 11 is 0. The first-order valence-electron chi connectivity index (χ1n) is 7.82. The van der Waals surface area contributed by atoms with Crippen molar-refractivity contribution in [2.75, 3.05) is 6.61 Å². The van der Waals surface area contributed by atoms with Crippen molar-refractivity contribution in [2.24, 2.45) is 5.41 Å². The molecule has 1 saturated heterocycles. The lowest BCUT2D eigenvalue weighted by Gasteiger charge is -2.43. The second kappa shape index (κ2) is 6.96. The van der Waals surface area contributed by atoms with E-state index in [4.69, 9.17) is 9.47 Å². The van der Waals surface area contributed by atoms with Crippen molar-refractivity contribution in [3.05, 3.63) is 11.1 Å². The molecule has 7 heteroatoms. The van der Waals surface area contributed by atoms with Gasteiger partial charge in [-0.3, -0.25) is 4.79 Å². The molecule has 1 fully saturated rings. The lowest BCUT2D eigenvalue weighted by Crippen LogP contribution is -2.59. The van der Waals surface area contributed by atoms with Crippen LogP contribution >= 0.6 is 0 Å². The fourth-order valence-electron chi connectivity index (χ4n) is 3.51. The Balaban J connectivity index is 2.10. The van der Waals surface area contributed by atoms with Crippen molar-refractivity contribution in [3.63, 3.8) is 0 Å². The Morgan fingerprint density at radius 1 is 1.26 bits per heavy atom. The molecular formula is C16H26O7. The Hall–Kier alpha value is -0.830. The van der Waals surface area contributed by atoms with E-state index in [2.05, 4.69) is 0 Å². The van der Waals surface area contributed by atoms with Gasteiger partial charge in [-0.1, -0.05) is 19.4 Å². The first-order chi connectivity index (χ1) is 10.7. The highest BCUT2D eigenvalue weighted by atomic mass is 16.7. The zero-order chi connectivity index (χ0) is 17.4. The normalized spacial score (nSPS) is 41.0. The van der Waals surface area contributed by atoms with E-state index < -0.39 is 37.3 Å². The highest BCUT2D eigenvalue weighted by molar-refractivity contribution is 5.77. The maximum absolute atomic E-state index is 11.2. The second-order valence-electron chi connectivity index (χ2n) is 7.06. The monoisotopic (exact) mass is 330 g/mol. The molecule has 0 saturated carbocycles. The van der Waals surface area contributed by atoms with Crippen molar-refractivity contribution >= 4 is 6.29 Å². The number of hydrogen-bond acceptors (Lipinski definition) is 7. The van der Waals surface area contributed by atoms with E-state index in [0.29, 0.717) is 12.8 Å². The van der Waals surface area contributed by atoms with Gasteiger partial charge in [-0.15, -0.1) is 0 Å². The van der Waals surface area contributed by atoms with Crippen LogP contribution in [0.15, 0.2) is 11.1 Å². The van der Waals surface area contributed by atoms with Crippen LogP contribution in [-0.4, -0.2) is 70.1 Å². The number of rotatable bonds is 4. The zero-order valence-electron chi connectivity index (χ0n) is 13.7. The van der Waals surface area contributed by atoms with Crippen LogP contribution in [0.1, 0.15) is 33.6 Å². The number of allylic oxidation sites excluding steroid dienone is 1. The predicted molar refractivity (Wildman–Crippen MR) is 80.4 cm³/mol. The number of aliphatic hydroxyl groups excluding tert-OH is 4. The molecule has 1 heterocycles.